The third kappa shape index (κ3) is 3.97. The number of carbonyl (C=O) groups excluding carboxylic acids is 1. The number of benzene rings is 1. The molecule has 0 aliphatic rings. The number of nitrogens with one attached hydrogen (secondary N) is 1. The number of amides is 1. The predicted octanol–water partition coefficient (Wildman–Crippen LogP) is 2.33. The number of hydrogen-bond donors (Lipinski definition) is 2. The fraction of sp³-hybridized carbons (Fsp3) is 0.385. The first-order valence-electron chi connectivity index (χ1n) is 6.00. The van der Waals surface area contributed by atoms with Gasteiger partial charge in [0.05, 0.1) is 5.56 Å². The largest absolute Gasteiger partial charge is 0.481 e. The van der Waals surface area contributed by atoms with Gasteiger partial charge in [0, 0.05) is 13.0 Å². The molecule has 0 aliphatic carbocycles. The molecule has 0 bridgehead atoms. The van der Waals surface area contributed by atoms with Crippen LogP contribution in [0.1, 0.15) is 30.1 Å². The Morgan fingerprint density at radius 2 is 1.90 bits per heavy atom. The zero-order chi connectivity index (χ0) is 15.3. The van der Waals surface area contributed by atoms with Crippen LogP contribution >= 0.6 is 0 Å². The molecule has 1 atom stereocenters. The second-order valence-corrected chi connectivity index (χ2v) is 4.31. The van der Waals surface area contributed by atoms with E-state index in [0.29, 0.717) is 12.5 Å². The Balaban J connectivity index is 2.72. The van der Waals surface area contributed by atoms with E-state index in [1.165, 1.54) is 0 Å². The van der Waals surface area contributed by atoms with E-state index in [0.717, 1.165) is 6.07 Å². The molecular weight excluding hydrogens is 275 g/mol. The molecule has 0 aliphatic heterocycles. The molecule has 1 aromatic rings. The summed E-state index contributed by atoms with van der Waals surface area (Å²) >= 11 is 0. The van der Waals surface area contributed by atoms with Crippen molar-refractivity contribution in [2.75, 3.05) is 6.54 Å². The van der Waals surface area contributed by atoms with E-state index < -0.39 is 34.9 Å². The van der Waals surface area contributed by atoms with Gasteiger partial charge in [0.15, 0.2) is 17.5 Å². The van der Waals surface area contributed by atoms with Crippen LogP contribution in [0.5, 0.6) is 0 Å². The lowest BCUT2D eigenvalue weighted by atomic mass is 10.0. The third-order valence-electron chi connectivity index (χ3n) is 2.87. The fourth-order valence-corrected chi connectivity index (χ4v) is 1.64. The number of rotatable bonds is 6. The maximum absolute atomic E-state index is 13.4. The number of aliphatic carboxylic acids is 1. The van der Waals surface area contributed by atoms with Gasteiger partial charge < -0.3 is 10.4 Å². The average Bonchev–Trinajstić information content (AvgIpc) is 2.40. The van der Waals surface area contributed by atoms with Crippen molar-refractivity contribution in [1.82, 2.24) is 5.32 Å². The van der Waals surface area contributed by atoms with Gasteiger partial charge in [-0.2, -0.15) is 0 Å². The lowest BCUT2D eigenvalue weighted by Gasteiger charge is -2.13. The number of carboxylic acids is 1. The van der Waals surface area contributed by atoms with Gasteiger partial charge in [-0.15, -0.1) is 0 Å². The van der Waals surface area contributed by atoms with Crippen LogP contribution in [0.4, 0.5) is 13.2 Å². The SMILES string of the molecule is CCC(CNC(=O)c1ccc(F)c(F)c1F)CC(=O)O. The molecule has 1 amide bonds. The monoisotopic (exact) mass is 289 g/mol. The second kappa shape index (κ2) is 6.93. The van der Waals surface area contributed by atoms with Gasteiger partial charge in [-0.3, -0.25) is 9.59 Å². The van der Waals surface area contributed by atoms with Gasteiger partial charge in [-0.1, -0.05) is 13.3 Å². The molecule has 0 radical (unpaired) electrons. The van der Waals surface area contributed by atoms with Gasteiger partial charge in [-0.05, 0) is 18.1 Å². The first-order valence-corrected chi connectivity index (χ1v) is 6.00. The summed E-state index contributed by atoms with van der Waals surface area (Å²) in [5.41, 5.74) is -0.617. The Kier molecular flexibility index (Phi) is 5.54. The smallest absolute Gasteiger partial charge is 0.303 e. The zero-order valence-electron chi connectivity index (χ0n) is 10.8. The zero-order valence-corrected chi connectivity index (χ0v) is 10.8. The van der Waals surface area contributed by atoms with Gasteiger partial charge in [0.2, 0.25) is 0 Å². The molecule has 0 spiro atoms. The number of halogens is 3. The molecule has 0 fully saturated rings. The highest BCUT2D eigenvalue weighted by Crippen LogP contribution is 2.15. The summed E-state index contributed by atoms with van der Waals surface area (Å²) in [6.07, 6.45) is 0.365. The normalized spacial score (nSPS) is 12.0. The van der Waals surface area contributed by atoms with Crippen LogP contribution in [0.15, 0.2) is 12.1 Å². The first kappa shape index (κ1) is 16.0. The Morgan fingerprint density at radius 1 is 1.25 bits per heavy atom. The molecule has 0 heterocycles. The highest BCUT2D eigenvalue weighted by molar-refractivity contribution is 5.94. The molecule has 7 heteroatoms. The van der Waals surface area contributed by atoms with E-state index in [2.05, 4.69) is 5.32 Å². The maximum atomic E-state index is 13.4. The minimum absolute atomic E-state index is 0.0140. The molecule has 1 rings (SSSR count). The Labute approximate surface area is 113 Å². The van der Waals surface area contributed by atoms with E-state index in [4.69, 9.17) is 5.11 Å². The molecule has 0 saturated heterocycles. The molecular formula is C13H14F3NO3. The van der Waals surface area contributed by atoms with Crippen LogP contribution in [-0.2, 0) is 4.79 Å². The Hall–Kier alpha value is -2.05. The number of carbonyl (C=O) groups is 2. The highest BCUT2D eigenvalue weighted by Gasteiger charge is 2.19. The molecule has 110 valence electrons. The van der Waals surface area contributed by atoms with Gasteiger partial charge in [-0.25, -0.2) is 13.2 Å². The van der Waals surface area contributed by atoms with E-state index >= 15 is 0 Å². The summed E-state index contributed by atoms with van der Waals surface area (Å²) in [6.45, 7) is 1.76. The lowest BCUT2D eigenvalue weighted by Crippen LogP contribution is -2.31. The van der Waals surface area contributed by atoms with E-state index in [9.17, 15) is 22.8 Å². The van der Waals surface area contributed by atoms with Crippen molar-refractivity contribution in [3.63, 3.8) is 0 Å². The summed E-state index contributed by atoms with van der Waals surface area (Å²) in [7, 11) is 0. The first-order chi connectivity index (χ1) is 9.36. The van der Waals surface area contributed by atoms with Crippen molar-refractivity contribution < 1.29 is 27.9 Å². The minimum Gasteiger partial charge on any atom is -0.481 e. The average molecular weight is 289 g/mol. The van der Waals surface area contributed by atoms with Crippen LogP contribution in [0.2, 0.25) is 0 Å². The molecule has 20 heavy (non-hydrogen) atoms. The second-order valence-electron chi connectivity index (χ2n) is 4.31. The minimum atomic E-state index is -1.71. The van der Waals surface area contributed by atoms with Gasteiger partial charge in [0.1, 0.15) is 0 Å². The van der Waals surface area contributed by atoms with E-state index in [-0.39, 0.29) is 18.9 Å². The van der Waals surface area contributed by atoms with Gasteiger partial charge in [0.25, 0.3) is 5.91 Å². The molecule has 0 saturated carbocycles. The lowest BCUT2D eigenvalue weighted by molar-refractivity contribution is -0.138. The number of hydrogen-bond acceptors (Lipinski definition) is 2. The van der Waals surface area contributed by atoms with Crippen molar-refractivity contribution in [2.45, 2.75) is 19.8 Å². The Morgan fingerprint density at radius 3 is 2.45 bits per heavy atom. The topological polar surface area (TPSA) is 66.4 Å². The summed E-state index contributed by atoms with van der Waals surface area (Å²) in [6, 6.07) is 1.49. The summed E-state index contributed by atoms with van der Waals surface area (Å²) in [4.78, 5) is 22.2. The summed E-state index contributed by atoms with van der Waals surface area (Å²) < 4.78 is 39.1. The van der Waals surface area contributed by atoms with Crippen LogP contribution < -0.4 is 5.32 Å². The van der Waals surface area contributed by atoms with E-state index in [1.807, 2.05) is 0 Å². The van der Waals surface area contributed by atoms with Gasteiger partial charge >= 0.3 is 5.97 Å². The van der Waals surface area contributed by atoms with Crippen molar-refractivity contribution in [3.8, 4) is 0 Å². The summed E-state index contributed by atoms with van der Waals surface area (Å²) in [5, 5.41) is 11.0. The molecule has 0 aromatic heterocycles. The molecule has 1 aromatic carbocycles. The number of carboxylic acid groups (broad SMARTS) is 1. The molecule has 1 unspecified atom stereocenters. The van der Waals surface area contributed by atoms with Crippen molar-refractivity contribution in [2.24, 2.45) is 5.92 Å². The van der Waals surface area contributed by atoms with Crippen LogP contribution in [0.25, 0.3) is 0 Å². The Bertz CT molecular complexity index is 520. The standard InChI is InChI=1S/C13H14F3NO3/c1-2-7(5-10(18)19)6-17-13(20)8-3-4-9(14)12(16)11(8)15/h3-4,7H,2,5-6H2,1H3,(H,17,20)(H,18,19). The van der Waals surface area contributed by atoms with Crippen LogP contribution in [0.3, 0.4) is 0 Å². The van der Waals surface area contributed by atoms with Crippen LogP contribution in [0, 0.1) is 23.4 Å². The van der Waals surface area contributed by atoms with Crippen molar-refractivity contribution in [1.29, 1.82) is 0 Å². The van der Waals surface area contributed by atoms with Crippen LogP contribution in [-0.4, -0.2) is 23.5 Å². The third-order valence-corrected chi connectivity index (χ3v) is 2.87. The maximum Gasteiger partial charge on any atom is 0.303 e. The molecule has 4 nitrogen and oxygen atoms in total. The predicted molar refractivity (Wildman–Crippen MR) is 64.7 cm³/mol. The summed E-state index contributed by atoms with van der Waals surface area (Å²) in [5.74, 6) is -6.89. The van der Waals surface area contributed by atoms with E-state index in [1.54, 1.807) is 6.92 Å². The molecule has 2 N–H and O–H groups in total. The van der Waals surface area contributed by atoms with Crippen molar-refractivity contribution >= 4 is 11.9 Å². The fourth-order valence-electron chi connectivity index (χ4n) is 1.64. The highest BCUT2D eigenvalue weighted by atomic mass is 19.2. The van der Waals surface area contributed by atoms with Crippen molar-refractivity contribution in [3.05, 3.63) is 35.1 Å². The quantitative estimate of drug-likeness (QED) is 0.790.